The fourth-order valence-corrected chi connectivity index (χ4v) is 1.71. The van der Waals surface area contributed by atoms with Gasteiger partial charge in [-0.3, -0.25) is 4.79 Å². The van der Waals surface area contributed by atoms with E-state index in [2.05, 4.69) is 10.2 Å². The summed E-state index contributed by atoms with van der Waals surface area (Å²) in [6.07, 6.45) is -5.79. The van der Waals surface area contributed by atoms with Gasteiger partial charge in [-0.2, -0.15) is 37.4 Å². The van der Waals surface area contributed by atoms with Gasteiger partial charge >= 0.3 is 12.1 Å². The normalized spacial score (nSPS) is 12.4. The molecule has 0 radical (unpaired) electrons. The van der Waals surface area contributed by atoms with Crippen molar-refractivity contribution in [2.45, 2.75) is 12.1 Å². The number of aromatic nitrogens is 3. The van der Waals surface area contributed by atoms with E-state index in [0.717, 1.165) is 12.1 Å². The highest BCUT2D eigenvalue weighted by Crippen LogP contribution is 2.46. The molecule has 5 nitrogen and oxygen atoms in total. The zero-order chi connectivity index (χ0) is 15.8. The van der Waals surface area contributed by atoms with Crippen molar-refractivity contribution in [3.05, 3.63) is 35.5 Å². The molecule has 0 atom stereocenters. The summed E-state index contributed by atoms with van der Waals surface area (Å²) in [5, 5.41) is 8.74. The van der Waals surface area contributed by atoms with Gasteiger partial charge in [0.15, 0.2) is 5.69 Å². The number of nitrogens with one attached hydrogen (secondary N) is 1. The largest absolute Gasteiger partial charge is 0.458 e. The van der Waals surface area contributed by atoms with Gasteiger partial charge in [0.1, 0.15) is 5.69 Å². The van der Waals surface area contributed by atoms with Crippen molar-refractivity contribution in [1.82, 2.24) is 15.4 Å². The van der Waals surface area contributed by atoms with Crippen molar-refractivity contribution in [3.8, 4) is 11.3 Å². The van der Waals surface area contributed by atoms with Crippen LogP contribution in [0.1, 0.15) is 16.1 Å². The molecule has 0 aliphatic heterocycles. The number of nitrogens with zero attached hydrogens (tertiary/aromatic N) is 2. The molecule has 0 aliphatic rings. The average Bonchev–Trinajstić information content (AvgIpc) is 2.86. The number of amides is 1. The molecule has 0 fully saturated rings. The Morgan fingerprint density at radius 3 is 2.29 bits per heavy atom. The molecule has 1 aromatic heterocycles. The van der Waals surface area contributed by atoms with Gasteiger partial charge in [-0.15, -0.1) is 0 Å². The Bertz CT molecular complexity index is 679. The first-order valence-electron chi connectivity index (χ1n) is 5.41. The van der Waals surface area contributed by atoms with Crippen LogP contribution in [0.15, 0.2) is 24.3 Å². The van der Waals surface area contributed by atoms with Crippen molar-refractivity contribution in [3.63, 3.8) is 0 Å². The van der Waals surface area contributed by atoms with E-state index in [1.807, 2.05) is 5.21 Å². The van der Waals surface area contributed by atoms with E-state index in [4.69, 9.17) is 5.73 Å². The smallest absolute Gasteiger partial charge is 0.364 e. The number of carbonyl (C=O) groups is 1. The maximum Gasteiger partial charge on any atom is 0.458 e. The quantitative estimate of drug-likeness (QED) is 0.853. The van der Waals surface area contributed by atoms with Crippen molar-refractivity contribution < 1.29 is 26.7 Å². The summed E-state index contributed by atoms with van der Waals surface area (Å²) >= 11 is 0. The second kappa shape index (κ2) is 4.79. The van der Waals surface area contributed by atoms with Gasteiger partial charge in [0.05, 0.1) is 0 Å². The second-order valence-electron chi connectivity index (χ2n) is 4.00. The Labute approximate surface area is 113 Å². The van der Waals surface area contributed by atoms with Gasteiger partial charge in [0, 0.05) is 11.1 Å². The van der Waals surface area contributed by atoms with E-state index in [1.54, 1.807) is 0 Å². The fourth-order valence-electron chi connectivity index (χ4n) is 1.71. The Balaban J connectivity index is 2.68. The molecule has 3 N–H and O–H groups in total. The summed E-state index contributed by atoms with van der Waals surface area (Å²) < 4.78 is 64.6. The highest BCUT2D eigenvalue weighted by molar-refractivity contribution is 5.97. The van der Waals surface area contributed by atoms with Gasteiger partial charge in [-0.05, 0) is 0 Å². The molecule has 0 spiro atoms. The molecule has 0 saturated carbocycles. The fraction of sp³-hybridized carbons (Fsp3) is 0.182. The molecule has 0 aliphatic carbocycles. The first kappa shape index (κ1) is 14.9. The summed E-state index contributed by atoms with van der Waals surface area (Å²) in [7, 11) is 0. The van der Waals surface area contributed by atoms with Crippen LogP contribution in [0, 0.1) is 0 Å². The van der Waals surface area contributed by atoms with Gasteiger partial charge in [-0.1, -0.05) is 24.3 Å². The number of alkyl halides is 5. The van der Waals surface area contributed by atoms with Crippen LogP contribution in [0.4, 0.5) is 22.0 Å². The lowest BCUT2D eigenvalue weighted by Gasteiger charge is -2.22. The van der Waals surface area contributed by atoms with E-state index in [9.17, 15) is 26.7 Å². The molecular formula is C11H7F5N4O. The minimum absolute atomic E-state index is 0.470. The van der Waals surface area contributed by atoms with E-state index in [1.165, 1.54) is 6.07 Å². The molecule has 1 heterocycles. The summed E-state index contributed by atoms with van der Waals surface area (Å²) in [6, 6.07) is 3.81. The monoisotopic (exact) mass is 306 g/mol. The number of rotatable bonds is 3. The Morgan fingerprint density at radius 1 is 1.10 bits per heavy atom. The van der Waals surface area contributed by atoms with Crippen molar-refractivity contribution >= 4 is 5.91 Å². The summed E-state index contributed by atoms with van der Waals surface area (Å²) in [6.45, 7) is 0. The zero-order valence-electron chi connectivity index (χ0n) is 10.1. The molecule has 2 aromatic rings. The van der Waals surface area contributed by atoms with Crippen LogP contribution in [-0.2, 0) is 5.92 Å². The van der Waals surface area contributed by atoms with Crippen molar-refractivity contribution in [2.24, 2.45) is 5.73 Å². The maximum absolute atomic E-state index is 13.5. The predicted octanol–water partition coefficient (Wildman–Crippen LogP) is 2.22. The zero-order valence-corrected chi connectivity index (χ0v) is 10.1. The number of benzene rings is 1. The van der Waals surface area contributed by atoms with Crippen LogP contribution in [0.5, 0.6) is 0 Å². The Kier molecular flexibility index (Phi) is 3.39. The van der Waals surface area contributed by atoms with Crippen molar-refractivity contribution in [1.29, 1.82) is 0 Å². The number of nitrogens with two attached hydrogens (primary N) is 1. The van der Waals surface area contributed by atoms with E-state index >= 15 is 0 Å². The lowest BCUT2D eigenvalue weighted by Crippen LogP contribution is -2.34. The number of primary amides is 1. The lowest BCUT2D eigenvalue weighted by atomic mass is 9.97. The third kappa shape index (κ3) is 2.43. The van der Waals surface area contributed by atoms with Crippen LogP contribution < -0.4 is 5.73 Å². The first-order valence-corrected chi connectivity index (χ1v) is 5.41. The van der Waals surface area contributed by atoms with E-state index in [0.29, 0.717) is 6.07 Å². The minimum atomic E-state index is -5.79. The summed E-state index contributed by atoms with van der Waals surface area (Å²) in [5.41, 5.74) is 2.05. The number of carbonyl (C=O) groups excluding carboxylic acids is 1. The van der Waals surface area contributed by atoms with Gasteiger partial charge < -0.3 is 5.73 Å². The van der Waals surface area contributed by atoms with Gasteiger partial charge in [0.25, 0.3) is 5.91 Å². The standard InChI is InChI=1S/C11H7F5N4O/c12-10(13,11(14,15)16)6-4-2-1-3-5(6)7-8(9(17)21)19-20-18-7/h1-4H,(H2,17,21)(H,18,19,20). The number of aromatic amines is 1. The topological polar surface area (TPSA) is 84.7 Å². The molecule has 1 amide bonds. The lowest BCUT2D eigenvalue weighted by molar-refractivity contribution is -0.289. The molecule has 0 bridgehead atoms. The molecule has 10 heteroatoms. The summed E-state index contributed by atoms with van der Waals surface area (Å²) in [5.74, 6) is -6.22. The first-order chi connectivity index (χ1) is 9.66. The number of H-pyrrole nitrogens is 1. The number of hydrogen-bond donors (Lipinski definition) is 2. The van der Waals surface area contributed by atoms with Crippen LogP contribution in [0.25, 0.3) is 11.3 Å². The maximum atomic E-state index is 13.5. The predicted molar refractivity (Wildman–Crippen MR) is 60.3 cm³/mol. The Morgan fingerprint density at radius 2 is 1.71 bits per heavy atom. The van der Waals surface area contributed by atoms with Crippen molar-refractivity contribution in [2.75, 3.05) is 0 Å². The number of hydrogen-bond acceptors (Lipinski definition) is 3. The highest BCUT2D eigenvalue weighted by atomic mass is 19.4. The van der Waals surface area contributed by atoms with Gasteiger partial charge in [0.2, 0.25) is 0 Å². The summed E-state index contributed by atoms with van der Waals surface area (Å²) in [4.78, 5) is 11.1. The van der Waals surface area contributed by atoms with Crippen LogP contribution in [-0.4, -0.2) is 27.5 Å². The average molecular weight is 306 g/mol. The molecule has 1 aromatic carbocycles. The number of halogens is 5. The van der Waals surface area contributed by atoms with E-state index in [-0.39, 0.29) is 0 Å². The highest BCUT2D eigenvalue weighted by Gasteiger charge is 2.59. The molecule has 112 valence electrons. The Hall–Kier alpha value is -2.52. The van der Waals surface area contributed by atoms with Crippen LogP contribution >= 0.6 is 0 Å². The second-order valence-corrected chi connectivity index (χ2v) is 4.00. The van der Waals surface area contributed by atoms with Crippen LogP contribution in [0.2, 0.25) is 0 Å². The van der Waals surface area contributed by atoms with Gasteiger partial charge in [-0.25, -0.2) is 0 Å². The molecule has 0 unspecified atom stereocenters. The molecular weight excluding hydrogens is 299 g/mol. The molecule has 2 rings (SSSR count). The SMILES string of the molecule is NC(=O)c1n[nH]nc1-c1ccccc1C(F)(F)C(F)(F)F. The third-order valence-corrected chi connectivity index (χ3v) is 2.66. The minimum Gasteiger partial charge on any atom is -0.364 e. The molecule has 0 saturated heterocycles. The molecule has 21 heavy (non-hydrogen) atoms. The third-order valence-electron chi connectivity index (χ3n) is 2.66. The van der Waals surface area contributed by atoms with E-state index < -0.39 is 40.5 Å². The van der Waals surface area contributed by atoms with Crippen LogP contribution in [0.3, 0.4) is 0 Å².